The van der Waals surface area contributed by atoms with Crippen LogP contribution in [0.3, 0.4) is 0 Å². The minimum Gasteiger partial charge on any atom is -0.322 e. The van der Waals surface area contributed by atoms with Crippen molar-refractivity contribution in [1.29, 1.82) is 0 Å². The molecule has 0 aliphatic rings. The Morgan fingerprint density at radius 2 is 1.70 bits per heavy atom. The Labute approximate surface area is 167 Å². The van der Waals surface area contributed by atoms with E-state index in [0.717, 1.165) is 10.0 Å². The molecule has 0 saturated heterocycles. The number of halogens is 1. The number of carbonyl (C=O) groups excluding carboxylic acids is 1. The molecule has 0 heterocycles. The van der Waals surface area contributed by atoms with Crippen molar-refractivity contribution in [2.45, 2.75) is 17.6 Å². The van der Waals surface area contributed by atoms with Crippen molar-refractivity contribution in [1.82, 2.24) is 0 Å². The van der Waals surface area contributed by atoms with Gasteiger partial charge in [0.2, 0.25) is 0 Å². The predicted molar refractivity (Wildman–Crippen MR) is 111 cm³/mol. The smallest absolute Gasteiger partial charge is 0.255 e. The Balaban J connectivity index is 1.79. The third-order valence-electron chi connectivity index (χ3n) is 4.08. The van der Waals surface area contributed by atoms with Gasteiger partial charge >= 0.3 is 0 Å². The van der Waals surface area contributed by atoms with E-state index in [0.29, 0.717) is 16.8 Å². The van der Waals surface area contributed by atoms with Crippen LogP contribution >= 0.6 is 15.9 Å². The molecule has 0 unspecified atom stereocenters. The van der Waals surface area contributed by atoms with Gasteiger partial charge in [-0.2, -0.15) is 0 Å². The van der Waals surface area contributed by atoms with Gasteiger partial charge in [-0.15, -0.1) is 0 Å². The fraction of sp³-hybridized carbons (Fsp3) is 0.0952. The summed E-state index contributed by atoms with van der Waals surface area (Å²) < 4.78 is 26.0. The molecule has 138 valence electrons. The number of anilines is 1. The number of rotatable bonds is 5. The minimum absolute atomic E-state index is 0.159. The second kappa shape index (κ2) is 8.06. The average molecular weight is 444 g/mol. The van der Waals surface area contributed by atoms with Crippen molar-refractivity contribution in [2.75, 3.05) is 5.32 Å². The highest BCUT2D eigenvalue weighted by atomic mass is 79.9. The molecule has 0 fully saturated rings. The Kier molecular flexibility index (Phi) is 5.77. The predicted octanol–water partition coefficient (Wildman–Crippen LogP) is 4.98. The van der Waals surface area contributed by atoms with Gasteiger partial charge in [-0.1, -0.05) is 52.3 Å². The lowest BCUT2D eigenvalue weighted by atomic mass is 10.1. The molecule has 3 aromatic rings. The number of amides is 1. The molecule has 0 aliphatic carbocycles. The van der Waals surface area contributed by atoms with E-state index in [2.05, 4.69) is 21.2 Å². The Bertz CT molecular complexity index is 1080. The van der Waals surface area contributed by atoms with Crippen molar-refractivity contribution in [2.24, 2.45) is 0 Å². The van der Waals surface area contributed by atoms with Crippen LogP contribution in [0.1, 0.15) is 21.5 Å². The molecule has 0 spiro atoms. The first kappa shape index (κ1) is 19.3. The standard InChI is InChI=1S/C21H18BrNO3S/c1-15-10-11-18(13-20(15)22)23-21(24)17-7-5-6-16(12-17)14-27(25,26)19-8-3-2-4-9-19/h2-13H,14H2,1H3,(H,23,24). The van der Waals surface area contributed by atoms with E-state index in [1.807, 2.05) is 25.1 Å². The quantitative estimate of drug-likeness (QED) is 0.604. The summed E-state index contributed by atoms with van der Waals surface area (Å²) in [6, 6.07) is 20.5. The molecule has 4 nitrogen and oxygen atoms in total. The lowest BCUT2D eigenvalue weighted by Crippen LogP contribution is -2.13. The van der Waals surface area contributed by atoms with Crippen LogP contribution in [0.25, 0.3) is 0 Å². The van der Waals surface area contributed by atoms with Crippen LogP contribution in [0.5, 0.6) is 0 Å². The molecule has 0 radical (unpaired) electrons. The summed E-state index contributed by atoms with van der Waals surface area (Å²) >= 11 is 3.44. The van der Waals surface area contributed by atoms with Gasteiger partial charge in [0.05, 0.1) is 10.6 Å². The number of nitrogens with one attached hydrogen (secondary N) is 1. The molecule has 0 aliphatic heterocycles. The molecule has 0 atom stereocenters. The third kappa shape index (κ3) is 4.84. The van der Waals surface area contributed by atoms with Gasteiger partial charge in [0.15, 0.2) is 9.84 Å². The molecule has 1 amide bonds. The third-order valence-corrected chi connectivity index (χ3v) is 6.64. The zero-order valence-electron chi connectivity index (χ0n) is 14.6. The number of carbonyl (C=O) groups is 1. The molecule has 3 aromatic carbocycles. The summed E-state index contributed by atoms with van der Waals surface area (Å²) in [7, 11) is -3.46. The number of benzene rings is 3. The number of aryl methyl sites for hydroxylation is 1. The van der Waals surface area contributed by atoms with Gasteiger partial charge in [-0.05, 0) is 54.4 Å². The Hall–Kier alpha value is -2.44. The molecule has 6 heteroatoms. The number of hydrogen-bond donors (Lipinski definition) is 1. The highest BCUT2D eigenvalue weighted by Gasteiger charge is 2.16. The first-order chi connectivity index (χ1) is 12.8. The van der Waals surface area contributed by atoms with E-state index in [9.17, 15) is 13.2 Å². The normalized spacial score (nSPS) is 11.2. The zero-order valence-corrected chi connectivity index (χ0v) is 17.0. The number of sulfone groups is 1. The summed E-state index contributed by atoms with van der Waals surface area (Å²) in [5.74, 6) is -0.446. The summed E-state index contributed by atoms with van der Waals surface area (Å²) in [5, 5.41) is 2.83. The van der Waals surface area contributed by atoms with Gasteiger partial charge in [0.25, 0.3) is 5.91 Å². The van der Waals surface area contributed by atoms with Crippen molar-refractivity contribution in [3.8, 4) is 0 Å². The maximum Gasteiger partial charge on any atom is 0.255 e. The topological polar surface area (TPSA) is 63.2 Å². The van der Waals surface area contributed by atoms with Crippen LogP contribution in [0.15, 0.2) is 82.2 Å². The van der Waals surface area contributed by atoms with Gasteiger partial charge in [-0.25, -0.2) is 8.42 Å². The summed E-state index contributed by atoms with van der Waals surface area (Å²) in [4.78, 5) is 12.8. The monoisotopic (exact) mass is 443 g/mol. The van der Waals surface area contributed by atoms with E-state index < -0.39 is 9.84 Å². The Morgan fingerprint density at radius 1 is 0.963 bits per heavy atom. The maximum atomic E-state index is 12.5. The van der Waals surface area contributed by atoms with Crippen molar-refractivity contribution in [3.05, 3.63) is 94.0 Å². The van der Waals surface area contributed by atoms with Gasteiger partial charge in [0.1, 0.15) is 0 Å². The van der Waals surface area contributed by atoms with Crippen molar-refractivity contribution >= 4 is 37.4 Å². The van der Waals surface area contributed by atoms with Crippen LogP contribution in [0, 0.1) is 6.92 Å². The van der Waals surface area contributed by atoms with Crippen LogP contribution in [0.4, 0.5) is 5.69 Å². The first-order valence-electron chi connectivity index (χ1n) is 8.29. The molecule has 0 bridgehead atoms. The lowest BCUT2D eigenvalue weighted by molar-refractivity contribution is 0.102. The summed E-state index contributed by atoms with van der Waals surface area (Å²) in [6.07, 6.45) is 0. The first-order valence-corrected chi connectivity index (χ1v) is 10.7. The molecule has 3 rings (SSSR count). The van der Waals surface area contributed by atoms with E-state index in [4.69, 9.17) is 0 Å². The van der Waals surface area contributed by atoms with E-state index in [1.54, 1.807) is 54.6 Å². The molecular weight excluding hydrogens is 426 g/mol. The lowest BCUT2D eigenvalue weighted by Gasteiger charge is -2.09. The van der Waals surface area contributed by atoms with Crippen LogP contribution < -0.4 is 5.32 Å². The highest BCUT2D eigenvalue weighted by Crippen LogP contribution is 2.22. The minimum atomic E-state index is -3.46. The van der Waals surface area contributed by atoms with Crippen LogP contribution in [-0.2, 0) is 15.6 Å². The fourth-order valence-corrected chi connectivity index (χ4v) is 4.34. The van der Waals surface area contributed by atoms with Gasteiger partial charge in [-0.3, -0.25) is 4.79 Å². The maximum absolute atomic E-state index is 12.5. The van der Waals surface area contributed by atoms with Crippen molar-refractivity contribution < 1.29 is 13.2 Å². The SMILES string of the molecule is Cc1ccc(NC(=O)c2cccc(CS(=O)(=O)c3ccccc3)c2)cc1Br. The summed E-state index contributed by atoms with van der Waals surface area (Å²) in [6.45, 7) is 1.96. The average Bonchev–Trinajstić information content (AvgIpc) is 2.65. The second-order valence-electron chi connectivity index (χ2n) is 6.19. The molecule has 0 aromatic heterocycles. The Morgan fingerprint density at radius 3 is 2.41 bits per heavy atom. The number of hydrogen-bond acceptors (Lipinski definition) is 3. The fourth-order valence-electron chi connectivity index (χ4n) is 2.61. The van der Waals surface area contributed by atoms with Crippen LogP contribution in [-0.4, -0.2) is 14.3 Å². The molecule has 0 saturated carbocycles. The van der Waals surface area contributed by atoms with Gasteiger partial charge in [0, 0.05) is 15.7 Å². The largest absolute Gasteiger partial charge is 0.322 e. The van der Waals surface area contributed by atoms with Gasteiger partial charge < -0.3 is 5.32 Å². The molecule has 1 N–H and O–H groups in total. The zero-order chi connectivity index (χ0) is 19.4. The second-order valence-corrected chi connectivity index (χ2v) is 9.03. The van der Waals surface area contributed by atoms with Crippen LogP contribution in [0.2, 0.25) is 0 Å². The van der Waals surface area contributed by atoms with E-state index in [-0.39, 0.29) is 16.6 Å². The van der Waals surface area contributed by atoms with Crippen molar-refractivity contribution in [3.63, 3.8) is 0 Å². The van der Waals surface area contributed by atoms with E-state index >= 15 is 0 Å². The highest BCUT2D eigenvalue weighted by molar-refractivity contribution is 9.10. The van der Waals surface area contributed by atoms with E-state index in [1.165, 1.54) is 0 Å². The summed E-state index contributed by atoms with van der Waals surface area (Å²) in [5.41, 5.74) is 2.71. The molecule has 27 heavy (non-hydrogen) atoms. The molecular formula is C21H18BrNO3S.